The second-order valence-corrected chi connectivity index (χ2v) is 8.25. The zero-order chi connectivity index (χ0) is 25.2. The molecule has 0 radical (unpaired) electrons. The SMILES string of the molecule is CCOc1ccc2ccccc2c1C(=O)Nc1ccc(-n2c(C)nc3ccccc3c2=O)cc1OC. The van der Waals surface area contributed by atoms with E-state index in [-0.39, 0.29) is 11.5 Å². The van der Waals surface area contributed by atoms with Crippen LogP contribution < -0.4 is 20.3 Å². The van der Waals surface area contributed by atoms with Crippen molar-refractivity contribution in [1.29, 1.82) is 0 Å². The molecule has 1 N–H and O–H groups in total. The first-order chi connectivity index (χ1) is 17.5. The predicted octanol–water partition coefficient (Wildman–Crippen LogP) is 5.51. The van der Waals surface area contributed by atoms with Gasteiger partial charge in [0.05, 0.1) is 41.6 Å². The minimum atomic E-state index is -0.318. The van der Waals surface area contributed by atoms with E-state index in [1.807, 2.05) is 61.5 Å². The molecule has 0 aliphatic rings. The Kier molecular flexibility index (Phi) is 6.12. The number of anilines is 1. The standard InChI is InChI=1S/C29H25N3O4/c1-4-36-25-16-13-19-9-5-6-10-21(19)27(25)28(33)31-24-15-14-20(17-26(24)35-3)32-18(2)30-23-12-8-7-11-22(23)29(32)34/h5-17H,4H2,1-3H3,(H,31,33). The molecule has 5 rings (SSSR count). The topological polar surface area (TPSA) is 82.5 Å². The van der Waals surface area contributed by atoms with Crippen molar-refractivity contribution in [2.24, 2.45) is 0 Å². The molecule has 7 nitrogen and oxygen atoms in total. The lowest BCUT2D eigenvalue weighted by Crippen LogP contribution is -2.22. The van der Waals surface area contributed by atoms with Crippen LogP contribution in [-0.2, 0) is 0 Å². The second kappa shape index (κ2) is 9.54. The van der Waals surface area contributed by atoms with Crippen molar-refractivity contribution in [2.75, 3.05) is 19.0 Å². The molecule has 0 atom stereocenters. The number of nitrogens with zero attached hydrogens (tertiary/aromatic N) is 2. The van der Waals surface area contributed by atoms with Crippen LogP contribution in [0.4, 0.5) is 5.69 Å². The molecule has 4 aromatic carbocycles. The van der Waals surface area contributed by atoms with Gasteiger partial charge in [0, 0.05) is 6.07 Å². The van der Waals surface area contributed by atoms with Gasteiger partial charge >= 0.3 is 0 Å². The monoisotopic (exact) mass is 479 g/mol. The van der Waals surface area contributed by atoms with Crippen LogP contribution in [0, 0.1) is 6.92 Å². The summed E-state index contributed by atoms with van der Waals surface area (Å²) < 4.78 is 12.9. The molecule has 0 saturated carbocycles. The van der Waals surface area contributed by atoms with Crippen LogP contribution in [-0.4, -0.2) is 29.2 Å². The summed E-state index contributed by atoms with van der Waals surface area (Å²) in [5, 5.41) is 5.22. The minimum absolute atomic E-state index is 0.172. The van der Waals surface area contributed by atoms with Crippen LogP contribution >= 0.6 is 0 Å². The summed E-state index contributed by atoms with van der Waals surface area (Å²) in [7, 11) is 1.52. The van der Waals surface area contributed by atoms with Crippen molar-refractivity contribution >= 4 is 33.3 Å². The molecule has 36 heavy (non-hydrogen) atoms. The van der Waals surface area contributed by atoms with Gasteiger partial charge in [-0.15, -0.1) is 0 Å². The van der Waals surface area contributed by atoms with E-state index < -0.39 is 0 Å². The third-order valence-corrected chi connectivity index (χ3v) is 6.05. The second-order valence-electron chi connectivity index (χ2n) is 8.25. The molecule has 1 aromatic heterocycles. The van der Waals surface area contributed by atoms with Crippen molar-refractivity contribution in [3.05, 3.63) is 101 Å². The van der Waals surface area contributed by atoms with Gasteiger partial charge in [0.1, 0.15) is 17.3 Å². The number of carbonyl (C=O) groups is 1. The molecule has 0 unspecified atom stereocenters. The molecular weight excluding hydrogens is 454 g/mol. The molecule has 0 fully saturated rings. The summed E-state index contributed by atoms with van der Waals surface area (Å²) in [5.74, 6) is 1.16. The Morgan fingerprint density at radius 3 is 2.47 bits per heavy atom. The Bertz CT molecular complexity index is 1670. The third kappa shape index (κ3) is 4.05. The highest BCUT2D eigenvalue weighted by molar-refractivity contribution is 6.15. The molecule has 0 aliphatic carbocycles. The molecule has 180 valence electrons. The van der Waals surface area contributed by atoms with E-state index in [0.717, 1.165) is 10.8 Å². The zero-order valence-electron chi connectivity index (χ0n) is 20.2. The smallest absolute Gasteiger partial charge is 0.265 e. The summed E-state index contributed by atoms with van der Waals surface area (Å²) in [6, 6.07) is 23.8. The minimum Gasteiger partial charge on any atom is -0.494 e. The fourth-order valence-electron chi connectivity index (χ4n) is 4.42. The highest BCUT2D eigenvalue weighted by Crippen LogP contribution is 2.32. The number of hydrogen-bond donors (Lipinski definition) is 1. The lowest BCUT2D eigenvalue weighted by atomic mass is 10.0. The van der Waals surface area contributed by atoms with Crippen molar-refractivity contribution in [3.8, 4) is 17.2 Å². The predicted molar refractivity (Wildman–Crippen MR) is 142 cm³/mol. The van der Waals surface area contributed by atoms with Crippen LogP contribution in [0.1, 0.15) is 23.1 Å². The number of aromatic nitrogens is 2. The summed E-state index contributed by atoms with van der Waals surface area (Å²) >= 11 is 0. The molecule has 0 spiro atoms. The van der Waals surface area contributed by atoms with E-state index >= 15 is 0 Å². The Morgan fingerprint density at radius 1 is 0.944 bits per heavy atom. The first-order valence-electron chi connectivity index (χ1n) is 11.6. The number of fused-ring (bicyclic) bond motifs is 2. The Morgan fingerprint density at radius 2 is 1.69 bits per heavy atom. The number of aryl methyl sites for hydroxylation is 1. The van der Waals surface area contributed by atoms with Crippen LogP contribution in [0.5, 0.6) is 11.5 Å². The van der Waals surface area contributed by atoms with Gasteiger partial charge in [-0.1, -0.05) is 42.5 Å². The Balaban J connectivity index is 1.56. The average Bonchev–Trinajstić information content (AvgIpc) is 2.89. The van der Waals surface area contributed by atoms with Crippen molar-refractivity contribution in [2.45, 2.75) is 13.8 Å². The largest absolute Gasteiger partial charge is 0.494 e. The number of nitrogens with one attached hydrogen (secondary N) is 1. The first kappa shape index (κ1) is 23.1. The number of rotatable bonds is 6. The van der Waals surface area contributed by atoms with Gasteiger partial charge in [-0.2, -0.15) is 0 Å². The van der Waals surface area contributed by atoms with Crippen LogP contribution in [0.3, 0.4) is 0 Å². The fraction of sp³-hybridized carbons (Fsp3) is 0.138. The number of benzene rings is 4. The third-order valence-electron chi connectivity index (χ3n) is 6.05. The molecule has 0 aliphatic heterocycles. The highest BCUT2D eigenvalue weighted by Gasteiger charge is 2.19. The van der Waals surface area contributed by atoms with E-state index in [2.05, 4.69) is 10.3 Å². The van der Waals surface area contributed by atoms with E-state index in [9.17, 15) is 9.59 Å². The molecule has 1 amide bonds. The summed E-state index contributed by atoms with van der Waals surface area (Å²) in [6.45, 7) is 4.10. The van der Waals surface area contributed by atoms with Crippen molar-refractivity contribution in [1.82, 2.24) is 9.55 Å². The summed E-state index contributed by atoms with van der Waals surface area (Å²) in [6.07, 6.45) is 0. The van der Waals surface area contributed by atoms with E-state index in [1.165, 1.54) is 11.7 Å². The number of para-hydroxylation sites is 1. The number of hydrogen-bond acceptors (Lipinski definition) is 5. The lowest BCUT2D eigenvalue weighted by molar-refractivity contribution is 0.102. The molecule has 5 aromatic rings. The molecule has 0 bridgehead atoms. The molecule has 0 saturated heterocycles. The molecule has 7 heteroatoms. The van der Waals surface area contributed by atoms with E-state index in [4.69, 9.17) is 9.47 Å². The maximum absolute atomic E-state index is 13.5. The van der Waals surface area contributed by atoms with E-state index in [1.54, 1.807) is 31.2 Å². The number of methoxy groups -OCH3 is 1. The lowest BCUT2D eigenvalue weighted by Gasteiger charge is -2.17. The molecule has 1 heterocycles. The Labute approximate surface area is 207 Å². The van der Waals surface area contributed by atoms with Gasteiger partial charge in [-0.3, -0.25) is 14.2 Å². The zero-order valence-corrected chi connectivity index (χ0v) is 20.2. The van der Waals surface area contributed by atoms with Gasteiger partial charge in [-0.05, 0) is 55.0 Å². The first-order valence-corrected chi connectivity index (χ1v) is 11.6. The van der Waals surface area contributed by atoms with Gasteiger partial charge in [0.15, 0.2) is 0 Å². The van der Waals surface area contributed by atoms with Crippen LogP contribution in [0.2, 0.25) is 0 Å². The fourth-order valence-corrected chi connectivity index (χ4v) is 4.42. The van der Waals surface area contributed by atoms with Gasteiger partial charge < -0.3 is 14.8 Å². The quantitative estimate of drug-likeness (QED) is 0.347. The summed E-state index contributed by atoms with van der Waals surface area (Å²) in [4.78, 5) is 31.3. The maximum Gasteiger partial charge on any atom is 0.265 e. The molecular formula is C29H25N3O4. The summed E-state index contributed by atoms with van der Waals surface area (Å²) in [5.41, 5.74) is 1.99. The number of amides is 1. The van der Waals surface area contributed by atoms with Crippen LogP contribution in [0.25, 0.3) is 27.4 Å². The normalized spacial score (nSPS) is 11.0. The average molecular weight is 480 g/mol. The maximum atomic E-state index is 13.5. The van der Waals surface area contributed by atoms with Crippen molar-refractivity contribution in [3.63, 3.8) is 0 Å². The van der Waals surface area contributed by atoms with Gasteiger partial charge in [0.25, 0.3) is 11.5 Å². The van der Waals surface area contributed by atoms with Crippen LogP contribution in [0.15, 0.2) is 83.7 Å². The number of carbonyl (C=O) groups excluding carboxylic acids is 1. The number of ether oxygens (including phenoxy) is 2. The Hall–Kier alpha value is -4.65. The highest BCUT2D eigenvalue weighted by atomic mass is 16.5. The van der Waals surface area contributed by atoms with Gasteiger partial charge in [0.2, 0.25) is 0 Å². The van der Waals surface area contributed by atoms with Gasteiger partial charge in [-0.25, -0.2) is 4.98 Å². The van der Waals surface area contributed by atoms with E-state index in [0.29, 0.717) is 51.8 Å². The van der Waals surface area contributed by atoms with Crippen molar-refractivity contribution < 1.29 is 14.3 Å².